The highest BCUT2D eigenvalue weighted by molar-refractivity contribution is 6.31. The van der Waals surface area contributed by atoms with E-state index in [0.29, 0.717) is 0 Å². The molecule has 1 aromatic heterocycles. The number of hydrogen-bond donors (Lipinski definition) is 1. The Morgan fingerprint density at radius 2 is 1.67 bits per heavy atom. The van der Waals surface area contributed by atoms with Crippen molar-refractivity contribution in [1.82, 2.24) is 4.98 Å². The predicted molar refractivity (Wildman–Crippen MR) is 63.2 cm³/mol. The number of rotatable bonds is 2. The van der Waals surface area contributed by atoms with Crippen molar-refractivity contribution in [2.45, 2.75) is 12.4 Å². The number of Topliss-reactive ketones (excluding diaryl/α,β-unsaturated/α-hetero) is 1. The average molecular weight is 330 g/mol. The third kappa shape index (κ3) is 2.99. The van der Waals surface area contributed by atoms with Crippen LogP contribution >= 0.6 is 11.6 Å². The number of nitrogens with one attached hydrogen (secondary N) is 1. The van der Waals surface area contributed by atoms with E-state index in [2.05, 4.69) is 4.98 Å². The van der Waals surface area contributed by atoms with Gasteiger partial charge < -0.3 is 4.98 Å². The van der Waals surface area contributed by atoms with Crippen LogP contribution < -0.4 is 0 Å². The first kappa shape index (κ1) is 15.7. The summed E-state index contributed by atoms with van der Waals surface area (Å²) in [6.07, 6.45) is -10.6. The summed E-state index contributed by atoms with van der Waals surface area (Å²) in [5.41, 5.74) is -0.488. The third-order valence-corrected chi connectivity index (χ3v) is 3.06. The molecular formula is C12H6ClF6NO. The van der Waals surface area contributed by atoms with Gasteiger partial charge in [0.1, 0.15) is 0 Å². The first-order valence-corrected chi connectivity index (χ1v) is 5.84. The second-order valence-electron chi connectivity index (χ2n) is 4.27. The summed E-state index contributed by atoms with van der Waals surface area (Å²) in [4.78, 5) is 14.2. The summed E-state index contributed by atoms with van der Waals surface area (Å²) in [5.74, 6) is -6.13. The minimum Gasteiger partial charge on any atom is -0.360 e. The first-order valence-electron chi connectivity index (χ1n) is 5.46. The molecule has 21 heavy (non-hydrogen) atoms. The molecule has 1 heterocycles. The van der Waals surface area contributed by atoms with Crippen LogP contribution in [0.15, 0.2) is 24.4 Å². The van der Waals surface area contributed by atoms with E-state index in [0.717, 1.165) is 12.3 Å². The van der Waals surface area contributed by atoms with E-state index < -0.39 is 29.6 Å². The molecule has 2 nitrogen and oxygen atoms in total. The second-order valence-corrected chi connectivity index (χ2v) is 4.71. The smallest absolute Gasteiger partial charge is 0.360 e. The van der Waals surface area contributed by atoms with Crippen molar-refractivity contribution >= 4 is 28.3 Å². The highest BCUT2D eigenvalue weighted by Gasteiger charge is 2.61. The maximum Gasteiger partial charge on any atom is 0.407 e. The van der Waals surface area contributed by atoms with Crippen LogP contribution in [0.25, 0.3) is 10.9 Å². The van der Waals surface area contributed by atoms with Crippen molar-refractivity contribution in [3.8, 4) is 0 Å². The Hall–Kier alpha value is -1.70. The zero-order valence-electron chi connectivity index (χ0n) is 9.94. The van der Waals surface area contributed by atoms with Gasteiger partial charge in [0, 0.05) is 27.7 Å². The number of H-pyrrole nitrogens is 1. The number of fused-ring (bicyclic) bond motifs is 1. The summed E-state index contributed by atoms with van der Waals surface area (Å²) in [6.45, 7) is 0. The van der Waals surface area contributed by atoms with E-state index in [1.165, 1.54) is 12.1 Å². The first-order chi connectivity index (χ1) is 9.51. The summed E-state index contributed by atoms with van der Waals surface area (Å²) in [7, 11) is 0. The van der Waals surface area contributed by atoms with Crippen LogP contribution in [0.1, 0.15) is 10.4 Å². The Labute approximate surface area is 118 Å². The molecule has 0 radical (unpaired) electrons. The number of halogens is 7. The average Bonchev–Trinajstić information content (AvgIpc) is 2.67. The van der Waals surface area contributed by atoms with Crippen LogP contribution in [0.5, 0.6) is 0 Å². The standard InChI is InChI=1S/C12H6ClF6NO/c13-5-1-2-8-6(3-5)7(4-20-8)9(21)10(11(14,15)16)12(17,18)19/h1-4,10,20H. The van der Waals surface area contributed by atoms with E-state index >= 15 is 0 Å². The van der Waals surface area contributed by atoms with Gasteiger partial charge in [-0.15, -0.1) is 0 Å². The minimum atomic E-state index is -5.72. The molecule has 0 atom stereocenters. The van der Waals surface area contributed by atoms with Crippen LogP contribution in [0, 0.1) is 5.92 Å². The number of aromatic amines is 1. The molecule has 0 amide bonds. The molecule has 0 aliphatic heterocycles. The zero-order chi connectivity index (χ0) is 16.0. The fourth-order valence-corrected chi connectivity index (χ4v) is 2.11. The molecule has 1 aromatic carbocycles. The number of carbonyl (C=O) groups excluding carboxylic acids is 1. The van der Waals surface area contributed by atoms with Gasteiger partial charge in [-0.2, -0.15) is 26.3 Å². The van der Waals surface area contributed by atoms with Gasteiger partial charge in [-0.1, -0.05) is 11.6 Å². The summed E-state index contributed by atoms with van der Waals surface area (Å²) >= 11 is 5.64. The number of carbonyl (C=O) groups is 1. The molecule has 114 valence electrons. The molecule has 0 aliphatic carbocycles. The van der Waals surface area contributed by atoms with Crippen LogP contribution in [0.2, 0.25) is 5.02 Å². The van der Waals surface area contributed by atoms with Gasteiger partial charge in [-0.25, -0.2) is 0 Å². The fraction of sp³-hybridized carbons (Fsp3) is 0.250. The molecule has 2 rings (SSSR count). The lowest BCUT2D eigenvalue weighted by Crippen LogP contribution is -2.42. The van der Waals surface area contributed by atoms with Gasteiger partial charge in [-0.05, 0) is 18.2 Å². The maximum absolute atomic E-state index is 12.6. The second kappa shape index (κ2) is 4.94. The van der Waals surface area contributed by atoms with E-state index in [9.17, 15) is 31.1 Å². The third-order valence-electron chi connectivity index (χ3n) is 2.83. The number of aromatic nitrogens is 1. The van der Waals surface area contributed by atoms with Crippen molar-refractivity contribution in [1.29, 1.82) is 0 Å². The van der Waals surface area contributed by atoms with Gasteiger partial charge in [0.05, 0.1) is 0 Å². The molecule has 0 unspecified atom stereocenters. The zero-order valence-corrected chi connectivity index (χ0v) is 10.7. The molecule has 0 fully saturated rings. The molecule has 0 spiro atoms. The minimum absolute atomic E-state index is 0.0896. The van der Waals surface area contributed by atoms with Gasteiger partial charge in [-0.3, -0.25) is 4.79 Å². The van der Waals surface area contributed by atoms with Crippen molar-refractivity contribution in [2.75, 3.05) is 0 Å². The Kier molecular flexibility index (Phi) is 3.69. The van der Waals surface area contributed by atoms with E-state index in [1.807, 2.05) is 0 Å². The van der Waals surface area contributed by atoms with Gasteiger partial charge in [0.2, 0.25) is 5.92 Å². The largest absolute Gasteiger partial charge is 0.407 e. The topological polar surface area (TPSA) is 32.9 Å². The number of alkyl halides is 6. The van der Waals surface area contributed by atoms with Crippen LogP contribution in [0.3, 0.4) is 0 Å². The Balaban J connectivity index is 2.57. The van der Waals surface area contributed by atoms with Crippen molar-refractivity contribution in [3.63, 3.8) is 0 Å². The van der Waals surface area contributed by atoms with Gasteiger partial charge >= 0.3 is 12.4 Å². The lowest BCUT2D eigenvalue weighted by Gasteiger charge is -2.21. The molecule has 0 saturated heterocycles. The van der Waals surface area contributed by atoms with Crippen LogP contribution in [0.4, 0.5) is 26.3 Å². The molecule has 9 heteroatoms. The van der Waals surface area contributed by atoms with Crippen LogP contribution in [-0.4, -0.2) is 23.1 Å². The molecular weight excluding hydrogens is 324 g/mol. The normalized spacial score (nSPS) is 13.1. The molecule has 2 aromatic rings. The lowest BCUT2D eigenvalue weighted by atomic mass is 9.96. The fourth-order valence-electron chi connectivity index (χ4n) is 1.94. The molecule has 0 saturated carbocycles. The Morgan fingerprint density at radius 3 is 2.19 bits per heavy atom. The Morgan fingerprint density at radius 1 is 1.10 bits per heavy atom. The number of ketones is 1. The predicted octanol–water partition coefficient (Wildman–Crippen LogP) is 4.74. The lowest BCUT2D eigenvalue weighted by molar-refractivity contribution is -0.264. The highest BCUT2D eigenvalue weighted by atomic mass is 35.5. The van der Waals surface area contributed by atoms with Gasteiger partial charge in [0.15, 0.2) is 5.78 Å². The number of benzene rings is 1. The van der Waals surface area contributed by atoms with Crippen molar-refractivity contribution < 1.29 is 31.1 Å². The van der Waals surface area contributed by atoms with Crippen molar-refractivity contribution in [2.24, 2.45) is 5.92 Å². The van der Waals surface area contributed by atoms with E-state index in [1.54, 1.807) is 0 Å². The maximum atomic E-state index is 12.6. The quantitative estimate of drug-likeness (QED) is 0.626. The van der Waals surface area contributed by atoms with Crippen molar-refractivity contribution in [3.05, 3.63) is 35.0 Å². The number of hydrogen-bond acceptors (Lipinski definition) is 1. The van der Waals surface area contributed by atoms with E-state index in [-0.39, 0.29) is 15.9 Å². The van der Waals surface area contributed by atoms with E-state index in [4.69, 9.17) is 11.6 Å². The monoisotopic (exact) mass is 329 g/mol. The molecule has 1 N–H and O–H groups in total. The SMILES string of the molecule is O=C(c1c[nH]c2ccc(Cl)cc12)C(C(F)(F)F)C(F)(F)F. The summed E-state index contributed by atoms with van der Waals surface area (Å²) in [6, 6.07) is 3.87. The van der Waals surface area contributed by atoms with Gasteiger partial charge in [0.25, 0.3) is 0 Å². The summed E-state index contributed by atoms with van der Waals surface area (Å²) < 4.78 is 75.4. The Bertz CT molecular complexity index is 673. The highest BCUT2D eigenvalue weighted by Crippen LogP contribution is 2.42. The molecule has 0 bridgehead atoms. The van der Waals surface area contributed by atoms with Crippen LogP contribution in [-0.2, 0) is 0 Å². The summed E-state index contributed by atoms with van der Waals surface area (Å²) in [5, 5.41) is -0.00211. The molecule has 0 aliphatic rings.